The van der Waals surface area contributed by atoms with Crippen molar-refractivity contribution < 1.29 is 0 Å². The predicted molar refractivity (Wildman–Crippen MR) is 87.6 cm³/mol. The Morgan fingerprint density at radius 3 is 2.74 bits per heavy atom. The Kier molecular flexibility index (Phi) is 6.47. The molecule has 0 amide bonds. The quantitative estimate of drug-likeness (QED) is 0.479. The van der Waals surface area contributed by atoms with Crippen LogP contribution in [0.5, 0.6) is 0 Å². The van der Waals surface area contributed by atoms with Crippen molar-refractivity contribution >= 4 is 29.9 Å². The first-order valence-corrected chi connectivity index (χ1v) is 6.48. The van der Waals surface area contributed by atoms with E-state index in [1.54, 1.807) is 0 Å². The molecule has 6 heteroatoms. The normalized spacial score (nSPS) is 15.6. The highest BCUT2D eigenvalue weighted by Gasteiger charge is 2.16. The van der Waals surface area contributed by atoms with Gasteiger partial charge in [-0.3, -0.25) is 0 Å². The number of nitrogens with one attached hydrogen (secondary N) is 1. The van der Waals surface area contributed by atoms with E-state index in [2.05, 4.69) is 20.3 Å². The zero-order valence-electron chi connectivity index (χ0n) is 11.5. The van der Waals surface area contributed by atoms with Crippen LogP contribution in [0.4, 0.5) is 0 Å². The zero-order chi connectivity index (χ0) is 13.0. The number of aryl methyl sites for hydroxylation is 2. The minimum absolute atomic E-state index is 0. The number of guanidine groups is 1. The van der Waals surface area contributed by atoms with Crippen LogP contribution in [0.25, 0.3) is 0 Å². The van der Waals surface area contributed by atoms with E-state index in [0.29, 0.717) is 12.5 Å². The van der Waals surface area contributed by atoms with Crippen molar-refractivity contribution in [1.29, 1.82) is 0 Å². The summed E-state index contributed by atoms with van der Waals surface area (Å²) in [5.74, 6) is 2.07. The fraction of sp³-hybridized carbons (Fsp3) is 0.615. The standard InChI is InChI=1S/C13H21N5.HI/c1-9-6-12(18-10(2)17-9)8-16-13(14)15-7-11-4-3-5-11;/h6,11H,3-5,7-8H2,1-2H3,(H3,14,15,16);1H. The number of hydrogen-bond acceptors (Lipinski definition) is 3. The van der Waals surface area contributed by atoms with Gasteiger partial charge >= 0.3 is 0 Å². The summed E-state index contributed by atoms with van der Waals surface area (Å²) in [4.78, 5) is 12.9. The Hall–Kier alpha value is -0.920. The van der Waals surface area contributed by atoms with Crippen LogP contribution in [-0.2, 0) is 6.54 Å². The van der Waals surface area contributed by atoms with Gasteiger partial charge in [-0.05, 0) is 38.7 Å². The van der Waals surface area contributed by atoms with Crippen molar-refractivity contribution in [2.75, 3.05) is 6.54 Å². The molecule has 1 saturated carbocycles. The zero-order valence-corrected chi connectivity index (χ0v) is 13.8. The number of nitrogens with zero attached hydrogens (tertiary/aromatic N) is 3. The van der Waals surface area contributed by atoms with Gasteiger partial charge < -0.3 is 11.1 Å². The molecule has 3 N–H and O–H groups in total. The van der Waals surface area contributed by atoms with Crippen LogP contribution in [0.15, 0.2) is 11.1 Å². The summed E-state index contributed by atoms with van der Waals surface area (Å²) in [5, 5.41) is 3.17. The summed E-state index contributed by atoms with van der Waals surface area (Å²) in [6.07, 6.45) is 3.97. The minimum atomic E-state index is 0. The molecule has 2 rings (SSSR count). The smallest absolute Gasteiger partial charge is 0.188 e. The summed E-state index contributed by atoms with van der Waals surface area (Å²) in [7, 11) is 0. The highest BCUT2D eigenvalue weighted by atomic mass is 127. The van der Waals surface area contributed by atoms with Gasteiger partial charge in [0.05, 0.1) is 12.2 Å². The van der Waals surface area contributed by atoms with Gasteiger partial charge in [0.1, 0.15) is 5.82 Å². The number of aliphatic imine (C=N–C) groups is 1. The number of nitrogens with two attached hydrogens (primary N) is 1. The van der Waals surface area contributed by atoms with Gasteiger partial charge in [-0.15, -0.1) is 24.0 Å². The number of hydrogen-bond donors (Lipinski definition) is 2. The van der Waals surface area contributed by atoms with E-state index in [0.717, 1.165) is 29.7 Å². The van der Waals surface area contributed by atoms with E-state index >= 15 is 0 Å². The maximum absolute atomic E-state index is 5.82. The molecule has 0 spiro atoms. The highest BCUT2D eigenvalue weighted by molar-refractivity contribution is 14.0. The average molecular weight is 375 g/mol. The van der Waals surface area contributed by atoms with Crippen LogP contribution < -0.4 is 11.1 Å². The first-order valence-electron chi connectivity index (χ1n) is 6.48. The van der Waals surface area contributed by atoms with Crippen LogP contribution in [0.3, 0.4) is 0 Å². The molecule has 0 aliphatic heterocycles. The van der Waals surface area contributed by atoms with Crippen molar-refractivity contribution in [2.24, 2.45) is 16.6 Å². The molecular formula is C13H22IN5. The van der Waals surface area contributed by atoms with Gasteiger partial charge in [-0.1, -0.05) is 6.42 Å². The number of rotatable bonds is 4. The van der Waals surface area contributed by atoms with Crippen molar-refractivity contribution in [3.05, 3.63) is 23.3 Å². The Morgan fingerprint density at radius 2 is 2.16 bits per heavy atom. The average Bonchev–Trinajstić information content (AvgIpc) is 2.23. The molecule has 0 saturated heterocycles. The molecular weight excluding hydrogens is 353 g/mol. The lowest BCUT2D eigenvalue weighted by molar-refractivity contribution is 0.315. The maximum atomic E-state index is 5.82. The molecule has 0 unspecified atom stereocenters. The maximum Gasteiger partial charge on any atom is 0.188 e. The lowest BCUT2D eigenvalue weighted by Gasteiger charge is -2.25. The van der Waals surface area contributed by atoms with Crippen molar-refractivity contribution in [3.8, 4) is 0 Å². The minimum Gasteiger partial charge on any atom is -0.370 e. The van der Waals surface area contributed by atoms with Crippen LogP contribution in [0.1, 0.15) is 36.5 Å². The van der Waals surface area contributed by atoms with Crippen LogP contribution in [-0.4, -0.2) is 22.5 Å². The Bertz CT molecular complexity index is 422. The summed E-state index contributed by atoms with van der Waals surface area (Å²) in [6, 6.07) is 1.94. The molecule has 5 nitrogen and oxygen atoms in total. The molecule has 1 fully saturated rings. The van der Waals surface area contributed by atoms with E-state index in [4.69, 9.17) is 5.73 Å². The summed E-state index contributed by atoms with van der Waals surface area (Å²) in [6.45, 7) is 5.30. The van der Waals surface area contributed by atoms with Crippen LogP contribution in [0, 0.1) is 19.8 Å². The topological polar surface area (TPSA) is 76.2 Å². The Morgan fingerprint density at radius 1 is 1.42 bits per heavy atom. The lowest BCUT2D eigenvalue weighted by atomic mass is 9.85. The van der Waals surface area contributed by atoms with E-state index in [1.807, 2.05) is 19.9 Å². The SMILES string of the molecule is Cc1cc(CN=C(N)NCC2CCC2)nc(C)n1.I. The van der Waals surface area contributed by atoms with Crippen LogP contribution >= 0.6 is 24.0 Å². The third kappa shape index (κ3) is 5.30. The molecule has 1 aromatic heterocycles. The molecule has 1 aliphatic rings. The Balaban J connectivity index is 0.00000180. The van der Waals surface area contributed by atoms with Gasteiger partial charge in [0.25, 0.3) is 0 Å². The third-order valence-corrected chi connectivity index (χ3v) is 3.23. The Labute approximate surface area is 131 Å². The van der Waals surface area contributed by atoms with Gasteiger partial charge in [-0.25, -0.2) is 15.0 Å². The van der Waals surface area contributed by atoms with Gasteiger partial charge in [0.2, 0.25) is 0 Å². The molecule has 0 bridgehead atoms. The summed E-state index contributed by atoms with van der Waals surface area (Å²) in [5.41, 5.74) is 7.70. The second kappa shape index (κ2) is 7.62. The molecule has 106 valence electrons. The van der Waals surface area contributed by atoms with E-state index < -0.39 is 0 Å². The summed E-state index contributed by atoms with van der Waals surface area (Å²) < 4.78 is 0. The third-order valence-electron chi connectivity index (χ3n) is 3.23. The molecule has 1 heterocycles. The highest BCUT2D eigenvalue weighted by Crippen LogP contribution is 2.24. The molecule has 0 atom stereocenters. The first kappa shape index (κ1) is 16.1. The fourth-order valence-corrected chi connectivity index (χ4v) is 2.04. The van der Waals surface area contributed by atoms with E-state index in [1.165, 1.54) is 19.3 Å². The predicted octanol–water partition coefficient (Wildman–Crippen LogP) is 1.92. The first-order chi connectivity index (χ1) is 8.63. The van der Waals surface area contributed by atoms with E-state index in [9.17, 15) is 0 Å². The molecule has 0 radical (unpaired) electrons. The van der Waals surface area contributed by atoms with Crippen molar-refractivity contribution in [1.82, 2.24) is 15.3 Å². The molecule has 0 aromatic carbocycles. The second-order valence-electron chi connectivity index (χ2n) is 4.93. The molecule has 19 heavy (non-hydrogen) atoms. The van der Waals surface area contributed by atoms with Gasteiger partial charge in [-0.2, -0.15) is 0 Å². The summed E-state index contributed by atoms with van der Waals surface area (Å²) >= 11 is 0. The van der Waals surface area contributed by atoms with Crippen molar-refractivity contribution in [3.63, 3.8) is 0 Å². The van der Waals surface area contributed by atoms with Gasteiger partial charge in [0, 0.05) is 12.2 Å². The lowest BCUT2D eigenvalue weighted by Crippen LogP contribution is -2.37. The van der Waals surface area contributed by atoms with Crippen molar-refractivity contribution in [2.45, 2.75) is 39.7 Å². The number of halogens is 1. The molecule has 1 aromatic rings. The molecule has 1 aliphatic carbocycles. The monoisotopic (exact) mass is 375 g/mol. The van der Waals surface area contributed by atoms with E-state index in [-0.39, 0.29) is 24.0 Å². The fourth-order valence-electron chi connectivity index (χ4n) is 2.04. The second-order valence-corrected chi connectivity index (χ2v) is 4.93. The van der Waals surface area contributed by atoms with Crippen LogP contribution in [0.2, 0.25) is 0 Å². The largest absolute Gasteiger partial charge is 0.370 e. The van der Waals surface area contributed by atoms with Gasteiger partial charge in [0.15, 0.2) is 5.96 Å². The number of aromatic nitrogens is 2.